The Morgan fingerprint density at radius 1 is 0.930 bits per heavy atom. The average molecular weight is 613 g/mol. The fourth-order valence-electron chi connectivity index (χ4n) is 4.28. The van der Waals surface area contributed by atoms with Gasteiger partial charge in [-0.05, 0) is 68.8 Å². The van der Waals surface area contributed by atoms with E-state index in [-0.39, 0.29) is 22.8 Å². The van der Waals surface area contributed by atoms with Gasteiger partial charge in [-0.3, -0.25) is 14.4 Å². The summed E-state index contributed by atoms with van der Waals surface area (Å²) in [6.45, 7) is 4.18. The van der Waals surface area contributed by atoms with Crippen LogP contribution in [0.5, 0.6) is 0 Å². The van der Waals surface area contributed by atoms with E-state index in [1.165, 1.54) is 47.4 Å². The molecule has 0 aromatic heterocycles. The molecule has 4 rings (SSSR count). The van der Waals surface area contributed by atoms with Gasteiger partial charge in [0.1, 0.15) is 11.6 Å². The number of ether oxygens (including phenoxy) is 1. The van der Waals surface area contributed by atoms with Crippen LogP contribution in [0.1, 0.15) is 36.7 Å². The maximum absolute atomic E-state index is 13.5. The number of carbonyl (C=O) groups excluding carboxylic acids is 4. The summed E-state index contributed by atoms with van der Waals surface area (Å²) in [5.74, 6) is -6.20. The zero-order chi connectivity index (χ0) is 31.4. The molecule has 0 bridgehead atoms. The number of halogens is 3. The quantitative estimate of drug-likeness (QED) is 0.242. The summed E-state index contributed by atoms with van der Waals surface area (Å²) in [6, 6.07) is 18.1. The van der Waals surface area contributed by atoms with E-state index < -0.39 is 54.3 Å². The fraction of sp³-hybridized carbons (Fsp3) is 0.290. The van der Waals surface area contributed by atoms with Gasteiger partial charge in [0.05, 0.1) is 30.0 Å². The minimum atomic E-state index is -2.85. The van der Waals surface area contributed by atoms with Crippen molar-refractivity contribution in [3.8, 4) is 0 Å². The molecule has 3 aromatic carbocycles. The van der Waals surface area contributed by atoms with Crippen LogP contribution < -0.4 is 20.9 Å². The van der Waals surface area contributed by atoms with Crippen molar-refractivity contribution >= 4 is 52.4 Å². The van der Waals surface area contributed by atoms with Crippen molar-refractivity contribution < 1.29 is 32.7 Å². The minimum absolute atomic E-state index is 0.0625. The molecule has 0 aliphatic carbocycles. The van der Waals surface area contributed by atoms with Gasteiger partial charge in [-0.2, -0.15) is 0 Å². The van der Waals surface area contributed by atoms with E-state index in [1.807, 2.05) is 0 Å². The van der Waals surface area contributed by atoms with Gasteiger partial charge >= 0.3 is 17.8 Å². The Hall–Kier alpha value is -4.51. The zero-order valence-electron chi connectivity index (χ0n) is 23.7. The van der Waals surface area contributed by atoms with Crippen molar-refractivity contribution in [3.05, 3.63) is 88.9 Å². The van der Waals surface area contributed by atoms with Crippen molar-refractivity contribution in [2.24, 2.45) is 0 Å². The number of esters is 1. The lowest BCUT2D eigenvalue weighted by Crippen LogP contribution is -2.56. The van der Waals surface area contributed by atoms with Crippen LogP contribution in [0.4, 0.5) is 25.8 Å². The van der Waals surface area contributed by atoms with Crippen molar-refractivity contribution in [3.63, 3.8) is 0 Å². The number of alkyl halides is 2. The van der Waals surface area contributed by atoms with Crippen LogP contribution in [0.3, 0.4) is 0 Å². The summed E-state index contributed by atoms with van der Waals surface area (Å²) in [7, 11) is 0. The van der Waals surface area contributed by atoms with E-state index in [1.54, 1.807) is 51.1 Å². The second kappa shape index (κ2) is 12.8. The first-order valence-corrected chi connectivity index (χ1v) is 13.8. The molecule has 1 fully saturated rings. The molecule has 1 saturated heterocycles. The Morgan fingerprint density at radius 2 is 1.58 bits per heavy atom. The standard InChI is InChI=1S/C31H31ClF2N4O5/c1-30(2,3)43-29(42)20-9-12-22(13-10-20)35-26(39)24(15-19-7-5-4-6-8-19)37-28(41)27(40)36-23-16-21(32)11-14-25(23)38-17-31(33,34)18-38/h4-14,16,24H,15,17-18H2,1-3H3,(H,35,39)(H,36,40)(H,37,41). The molecule has 0 saturated carbocycles. The Bertz CT molecular complexity index is 1500. The van der Waals surface area contributed by atoms with E-state index >= 15 is 0 Å². The van der Waals surface area contributed by atoms with Crippen LogP contribution in [-0.4, -0.2) is 54.3 Å². The normalized spacial score (nSPS) is 14.6. The molecule has 0 radical (unpaired) electrons. The van der Waals surface area contributed by atoms with E-state index in [0.717, 1.165) is 5.56 Å². The lowest BCUT2D eigenvalue weighted by molar-refractivity contribution is -0.137. The molecule has 0 spiro atoms. The molecule has 3 amide bonds. The zero-order valence-corrected chi connectivity index (χ0v) is 24.5. The number of hydrogen-bond donors (Lipinski definition) is 3. The van der Waals surface area contributed by atoms with E-state index in [4.69, 9.17) is 16.3 Å². The first kappa shape index (κ1) is 31.4. The molecular formula is C31H31ClF2N4O5. The molecule has 226 valence electrons. The highest BCUT2D eigenvalue weighted by atomic mass is 35.5. The lowest BCUT2D eigenvalue weighted by Gasteiger charge is -2.41. The summed E-state index contributed by atoms with van der Waals surface area (Å²) in [5, 5.41) is 7.80. The highest BCUT2D eigenvalue weighted by molar-refractivity contribution is 6.40. The van der Waals surface area contributed by atoms with Gasteiger partial charge in [-0.15, -0.1) is 0 Å². The van der Waals surface area contributed by atoms with Crippen LogP contribution in [-0.2, 0) is 25.5 Å². The molecule has 1 aliphatic heterocycles. The summed E-state index contributed by atoms with van der Waals surface area (Å²) < 4.78 is 32.3. The third-order valence-corrected chi connectivity index (χ3v) is 6.52. The van der Waals surface area contributed by atoms with Crippen molar-refractivity contribution in [1.82, 2.24) is 5.32 Å². The Balaban J connectivity index is 1.46. The third kappa shape index (κ3) is 8.74. The smallest absolute Gasteiger partial charge is 0.338 e. The Kier molecular flexibility index (Phi) is 9.34. The van der Waals surface area contributed by atoms with Crippen molar-refractivity contribution in [2.75, 3.05) is 28.6 Å². The number of nitrogens with one attached hydrogen (secondary N) is 3. The molecule has 1 unspecified atom stereocenters. The fourth-order valence-corrected chi connectivity index (χ4v) is 4.46. The average Bonchev–Trinajstić information content (AvgIpc) is 2.91. The number of carbonyl (C=O) groups is 4. The van der Waals surface area contributed by atoms with Crippen LogP contribution in [0.25, 0.3) is 0 Å². The molecular weight excluding hydrogens is 582 g/mol. The second-order valence-corrected chi connectivity index (χ2v) is 11.5. The van der Waals surface area contributed by atoms with Crippen molar-refractivity contribution in [2.45, 2.75) is 44.8 Å². The monoisotopic (exact) mass is 612 g/mol. The highest BCUT2D eigenvalue weighted by Gasteiger charge is 2.44. The summed E-state index contributed by atoms with van der Waals surface area (Å²) in [6.07, 6.45) is 0.0625. The molecule has 1 atom stereocenters. The highest BCUT2D eigenvalue weighted by Crippen LogP contribution is 2.37. The van der Waals surface area contributed by atoms with Gasteiger partial charge in [-0.1, -0.05) is 41.9 Å². The maximum atomic E-state index is 13.5. The molecule has 1 aliphatic rings. The number of benzene rings is 3. The summed E-state index contributed by atoms with van der Waals surface area (Å²) in [5.41, 5.74) is 1.06. The van der Waals surface area contributed by atoms with Gasteiger partial charge < -0.3 is 25.6 Å². The number of nitrogens with zero attached hydrogens (tertiary/aromatic N) is 1. The first-order valence-electron chi connectivity index (χ1n) is 13.4. The van der Waals surface area contributed by atoms with Crippen LogP contribution in [0, 0.1) is 0 Å². The predicted molar refractivity (Wildman–Crippen MR) is 160 cm³/mol. The number of anilines is 3. The number of hydrogen-bond acceptors (Lipinski definition) is 6. The van der Waals surface area contributed by atoms with Gasteiger partial charge in [0.2, 0.25) is 5.91 Å². The number of amides is 3. The first-order chi connectivity index (χ1) is 20.2. The van der Waals surface area contributed by atoms with Gasteiger partial charge in [0.25, 0.3) is 5.92 Å². The Morgan fingerprint density at radius 3 is 2.19 bits per heavy atom. The predicted octanol–water partition coefficient (Wildman–Crippen LogP) is 5.06. The third-order valence-electron chi connectivity index (χ3n) is 6.29. The van der Waals surface area contributed by atoms with Crippen molar-refractivity contribution in [1.29, 1.82) is 0 Å². The largest absolute Gasteiger partial charge is 0.456 e. The Labute approximate surface area is 252 Å². The molecule has 12 heteroatoms. The molecule has 3 aromatic rings. The second-order valence-electron chi connectivity index (χ2n) is 11.1. The number of rotatable bonds is 8. The van der Waals surface area contributed by atoms with E-state index in [9.17, 15) is 28.0 Å². The van der Waals surface area contributed by atoms with Gasteiger partial charge in [-0.25, -0.2) is 13.6 Å². The van der Waals surface area contributed by atoms with E-state index in [0.29, 0.717) is 11.3 Å². The summed E-state index contributed by atoms with van der Waals surface area (Å²) in [4.78, 5) is 52.8. The molecule has 1 heterocycles. The van der Waals surface area contributed by atoms with Gasteiger partial charge in [0, 0.05) is 17.1 Å². The van der Waals surface area contributed by atoms with Crippen LogP contribution in [0.2, 0.25) is 5.02 Å². The van der Waals surface area contributed by atoms with E-state index in [2.05, 4.69) is 16.0 Å². The van der Waals surface area contributed by atoms with Crippen LogP contribution >= 0.6 is 11.6 Å². The minimum Gasteiger partial charge on any atom is -0.456 e. The topological polar surface area (TPSA) is 117 Å². The molecule has 43 heavy (non-hydrogen) atoms. The lowest BCUT2D eigenvalue weighted by atomic mass is 10.0. The SMILES string of the molecule is CC(C)(C)OC(=O)c1ccc(NC(=O)C(Cc2ccccc2)NC(=O)C(=O)Nc2cc(Cl)ccc2N2CC(F)(F)C2)cc1. The van der Waals surface area contributed by atoms with Crippen LogP contribution in [0.15, 0.2) is 72.8 Å². The maximum Gasteiger partial charge on any atom is 0.338 e. The molecule has 9 nitrogen and oxygen atoms in total. The summed E-state index contributed by atoms with van der Waals surface area (Å²) >= 11 is 6.05. The molecule has 3 N–H and O–H groups in total. The van der Waals surface area contributed by atoms with Gasteiger partial charge in [0.15, 0.2) is 0 Å².